The van der Waals surface area contributed by atoms with E-state index >= 15 is 0 Å². The van der Waals surface area contributed by atoms with E-state index < -0.39 is 0 Å². The first-order valence-electron chi connectivity index (χ1n) is 9.51. The molecule has 4 rings (SSSR count). The fourth-order valence-corrected chi connectivity index (χ4v) is 4.58. The van der Waals surface area contributed by atoms with E-state index in [2.05, 4.69) is 4.90 Å². The lowest BCUT2D eigenvalue weighted by Crippen LogP contribution is -2.27. The zero-order chi connectivity index (χ0) is 22.0. The molecule has 2 amide bonds. The van der Waals surface area contributed by atoms with Crippen LogP contribution in [-0.2, 0) is 11.3 Å². The molecule has 0 aromatic heterocycles. The summed E-state index contributed by atoms with van der Waals surface area (Å²) in [7, 11) is 2.00. The predicted molar refractivity (Wildman–Crippen MR) is 129 cm³/mol. The third kappa shape index (κ3) is 4.64. The molecule has 1 aliphatic heterocycles. The smallest absolute Gasteiger partial charge is 0.293 e. The summed E-state index contributed by atoms with van der Waals surface area (Å²) in [4.78, 5) is 28.9. The predicted octanol–water partition coefficient (Wildman–Crippen LogP) is 7.00. The number of carbonyl (C=O) groups excluding carboxylic acids is 2. The van der Waals surface area contributed by atoms with Crippen LogP contribution in [0, 0.1) is 0 Å². The number of hydrogen-bond donors (Lipinski definition) is 0. The molecule has 0 unspecified atom stereocenters. The largest absolute Gasteiger partial charge is 0.345 e. The number of halogens is 2. The molecule has 0 aliphatic carbocycles. The zero-order valence-electron chi connectivity index (χ0n) is 16.6. The second kappa shape index (κ2) is 9.18. The highest BCUT2D eigenvalue weighted by Crippen LogP contribution is 2.36. The van der Waals surface area contributed by atoms with Crippen LogP contribution in [0.3, 0.4) is 0 Å². The number of carbonyl (C=O) groups is 2. The van der Waals surface area contributed by atoms with Crippen molar-refractivity contribution in [2.24, 2.45) is 0 Å². The first-order valence-corrected chi connectivity index (χ1v) is 11.1. The van der Waals surface area contributed by atoms with Gasteiger partial charge in [0.1, 0.15) is 0 Å². The molecule has 0 spiro atoms. The monoisotopic (exact) mass is 468 g/mol. The van der Waals surface area contributed by atoms with Crippen LogP contribution < -0.4 is 4.90 Å². The summed E-state index contributed by atoms with van der Waals surface area (Å²) < 4.78 is 0. The molecule has 3 aromatic rings. The van der Waals surface area contributed by atoms with Crippen molar-refractivity contribution in [3.63, 3.8) is 0 Å². The van der Waals surface area contributed by atoms with Crippen LogP contribution >= 0.6 is 35.0 Å². The highest BCUT2D eigenvalue weighted by Gasteiger charge is 2.35. The normalized spacial score (nSPS) is 15.1. The van der Waals surface area contributed by atoms with Crippen LogP contribution in [0.1, 0.15) is 11.1 Å². The van der Waals surface area contributed by atoms with Gasteiger partial charge in [0.2, 0.25) is 0 Å². The molecule has 1 heterocycles. The Morgan fingerprint density at radius 3 is 2.13 bits per heavy atom. The topological polar surface area (TPSA) is 40.6 Å². The van der Waals surface area contributed by atoms with Gasteiger partial charge in [0.25, 0.3) is 11.1 Å². The minimum absolute atomic E-state index is 0.0430. The first kappa shape index (κ1) is 21.5. The first-order chi connectivity index (χ1) is 14.9. The average molecular weight is 469 g/mol. The van der Waals surface area contributed by atoms with Crippen LogP contribution in [0.4, 0.5) is 16.2 Å². The van der Waals surface area contributed by atoms with Crippen molar-refractivity contribution < 1.29 is 9.59 Å². The maximum absolute atomic E-state index is 12.8. The summed E-state index contributed by atoms with van der Waals surface area (Å²) >= 11 is 13.3. The van der Waals surface area contributed by atoms with Gasteiger partial charge in [0, 0.05) is 34.0 Å². The van der Waals surface area contributed by atoms with Crippen LogP contribution in [0.5, 0.6) is 0 Å². The van der Waals surface area contributed by atoms with Gasteiger partial charge in [0.15, 0.2) is 0 Å². The Morgan fingerprint density at radius 1 is 0.871 bits per heavy atom. The molecule has 0 radical (unpaired) electrons. The molecule has 4 nitrogen and oxygen atoms in total. The lowest BCUT2D eigenvalue weighted by molar-refractivity contribution is -0.123. The molecule has 0 bridgehead atoms. The summed E-state index contributed by atoms with van der Waals surface area (Å²) in [6.07, 6.45) is 1.73. The van der Waals surface area contributed by atoms with Crippen LogP contribution in [0.15, 0.2) is 77.7 Å². The second-order valence-electron chi connectivity index (χ2n) is 6.95. The van der Waals surface area contributed by atoms with Crippen molar-refractivity contribution in [2.45, 2.75) is 6.54 Å². The van der Waals surface area contributed by atoms with Crippen molar-refractivity contribution >= 4 is 63.6 Å². The number of nitrogens with zero attached hydrogens (tertiary/aromatic N) is 2. The third-order valence-corrected chi connectivity index (χ3v) is 6.59. The Morgan fingerprint density at radius 2 is 1.48 bits per heavy atom. The Labute approximate surface area is 195 Å². The van der Waals surface area contributed by atoms with E-state index in [1.54, 1.807) is 24.3 Å². The van der Waals surface area contributed by atoms with E-state index in [0.717, 1.165) is 28.7 Å². The minimum Gasteiger partial charge on any atom is -0.345 e. The van der Waals surface area contributed by atoms with Crippen molar-refractivity contribution in [3.05, 3.63) is 98.9 Å². The molecule has 1 aliphatic rings. The Hall–Kier alpha value is -2.73. The standard InChI is InChI=1S/C24H18Cl2N2O2S/c1-27(17-6-3-2-4-7-17)18-12-10-16(11-13-18)14-22-23(29)28(24(30)31-22)15-19-20(25)8-5-9-21(19)26/h2-14H,15H2,1H3/b22-14-. The van der Waals surface area contributed by atoms with Gasteiger partial charge in [-0.3, -0.25) is 14.5 Å². The maximum atomic E-state index is 12.8. The van der Waals surface area contributed by atoms with Crippen molar-refractivity contribution in [1.82, 2.24) is 4.90 Å². The van der Waals surface area contributed by atoms with Crippen molar-refractivity contribution in [3.8, 4) is 0 Å². The molecule has 1 fully saturated rings. The van der Waals surface area contributed by atoms with Crippen molar-refractivity contribution in [2.75, 3.05) is 11.9 Å². The van der Waals surface area contributed by atoms with Gasteiger partial charge >= 0.3 is 0 Å². The molecule has 7 heteroatoms. The number of amides is 2. The number of para-hydroxylation sites is 1. The van der Waals surface area contributed by atoms with E-state index in [9.17, 15) is 9.59 Å². The highest BCUT2D eigenvalue weighted by atomic mass is 35.5. The number of benzene rings is 3. The average Bonchev–Trinajstić information content (AvgIpc) is 3.04. The maximum Gasteiger partial charge on any atom is 0.293 e. The fourth-order valence-electron chi connectivity index (χ4n) is 3.22. The quantitative estimate of drug-likeness (QED) is 0.378. The molecule has 1 saturated heterocycles. The number of anilines is 2. The number of hydrogen-bond acceptors (Lipinski definition) is 4. The second-order valence-corrected chi connectivity index (χ2v) is 8.76. The van der Waals surface area contributed by atoms with Crippen LogP contribution in [0.25, 0.3) is 6.08 Å². The van der Waals surface area contributed by atoms with Gasteiger partial charge in [-0.1, -0.05) is 59.6 Å². The van der Waals surface area contributed by atoms with Crippen molar-refractivity contribution in [1.29, 1.82) is 0 Å². The minimum atomic E-state index is -0.350. The van der Waals surface area contributed by atoms with Crippen LogP contribution in [0.2, 0.25) is 10.0 Å². The Bertz CT molecular complexity index is 1140. The fraction of sp³-hybridized carbons (Fsp3) is 0.0833. The summed E-state index contributed by atoms with van der Waals surface area (Å²) in [6.45, 7) is 0.0430. The summed E-state index contributed by atoms with van der Waals surface area (Å²) in [5.74, 6) is -0.350. The van der Waals surface area contributed by atoms with Gasteiger partial charge in [-0.05, 0) is 59.8 Å². The lowest BCUT2D eigenvalue weighted by Gasteiger charge is -2.19. The summed E-state index contributed by atoms with van der Waals surface area (Å²) in [5, 5.41) is 0.509. The SMILES string of the molecule is CN(c1ccccc1)c1ccc(/C=C2\SC(=O)N(Cc3c(Cl)cccc3Cl)C2=O)cc1. The van der Waals surface area contributed by atoms with Gasteiger partial charge in [-0.15, -0.1) is 0 Å². The Balaban J connectivity index is 1.51. The van der Waals surface area contributed by atoms with Crippen LogP contribution in [-0.4, -0.2) is 23.1 Å². The van der Waals surface area contributed by atoms with E-state index in [1.807, 2.05) is 61.6 Å². The zero-order valence-corrected chi connectivity index (χ0v) is 18.9. The molecule has 156 valence electrons. The van der Waals surface area contributed by atoms with E-state index in [0.29, 0.717) is 20.5 Å². The molecule has 0 saturated carbocycles. The van der Waals surface area contributed by atoms with E-state index in [4.69, 9.17) is 23.2 Å². The number of thioether (sulfide) groups is 1. The molecular weight excluding hydrogens is 451 g/mol. The number of rotatable bonds is 5. The van der Waals surface area contributed by atoms with Gasteiger partial charge in [0.05, 0.1) is 11.4 Å². The highest BCUT2D eigenvalue weighted by molar-refractivity contribution is 8.18. The van der Waals surface area contributed by atoms with E-state index in [-0.39, 0.29) is 17.7 Å². The third-order valence-electron chi connectivity index (χ3n) is 4.97. The molecule has 3 aromatic carbocycles. The Kier molecular flexibility index (Phi) is 6.37. The number of imide groups is 1. The van der Waals surface area contributed by atoms with E-state index in [1.165, 1.54) is 4.90 Å². The molecule has 0 N–H and O–H groups in total. The molecule has 31 heavy (non-hydrogen) atoms. The van der Waals surface area contributed by atoms with Gasteiger partial charge in [-0.2, -0.15) is 0 Å². The molecule has 0 atom stereocenters. The molecular formula is C24H18Cl2N2O2S. The lowest BCUT2D eigenvalue weighted by atomic mass is 10.1. The van der Waals surface area contributed by atoms with Gasteiger partial charge in [-0.25, -0.2) is 0 Å². The van der Waals surface area contributed by atoms with Gasteiger partial charge < -0.3 is 4.90 Å². The summed E-state index contributed by atoms with van der Waals surface area (Å²) in [6, 6.07) is 22.9. The summed E-state index contributed by atoms with van der Waals surface area (Å²) in [5.41, 5.74) is 3.49.